The van der Waals surface area contributed by atoms with Crippen molar-refractivity contribution in [1.82, 2.24) is 15.2 Å². The summed E-state index contributed by atoms with van der Waals surface area (Å²) in [5.41, 5.74) is 1.24. The molecule has 3 heterocycles. The van der Waals surface area contributed by atoms with E-state index in [0.29, 0.717) is 23.4 Å². The Morgan fingerprint density at radius 2 is 1.97 bits per heavy atom. The number of nitrogens with one attached hydrogen (secondary N) is 1. The highest BCUT2D eigenvalue weighted by Crippen LogP contribution is 2.29. The van der Waals surface area contributed by atoms with E-state index in [4.69, 9.17) is 0 Å². The van der Waals surface area contributed by atoms with Gasteiger partial charge >= 0.3 is 0 Å². The fourth-order valence-electron chi connectivity index (χ4n) is 4.73. The van der Waals surface area contributed by atoms with Crippen LogP contribution in [0.15, 0.2) is 36.5 Å². The molecule has 1 N–H and O–H groups in total. The van der Waals surface area contributed by atoms with E-state index in [1.54, 1.807) is 6.20 Å². The zero-order chi connectivity index (χ0) is 20.9. The average molecular weight is 427 g/mol. The van der Waals surface area contributed by atoms with Crippen LogP contribution in [-0.2, 0) is 0 Å². The van der Waals surface area contributed by atoms with Crippen LogP contribution >= 0.6 is 11.3 Å². The lowest BCUT2D eigenvalue weighted by atomic mass is 9.95. The number of thiazole rings is 1. The Kier molecular flexibility index (Phi) is 7.05. The van der Waals surface area contributed by atoms with Gasteiger partial charge in [0.15, 0.2) is 5.13 Å². The molecule has 0 aliphatic carbocycles. The molecule has 0 saturated carbocycles. The summed E-state index contributed by atoms with van der Waals surface area (Å²) < 4.78 is 0. The number of anilines is 1. The molecule has 2 atom stereocenters. The van der Waals surface area contributed by atoms with E-state index in [0.717, 1.165) is 24.1 Å². The molecule has 2 fully saturated rings. The van der Waals surface area contributed by atoms with Crippen LogP contribution < -0.4 is 10.2 Å². The fourth-order valence-corrected chi connectivity index (χ4v) is 5.61. The number of rotatable bonds is 6. The molecular weight excluding hydrogens is 392 g/mol. The lowest BCUT2D eigenvalue weighted by molar-refractivity contribution is 0.0955. The first-order chi connectivity index (χ1) is 14.6. The van der Waals surface area contributed by atoms with Crippen molar-refractivity contribution in [3.63, 3.8) is 0 Å². The molecule has 4 rings (SSSR count). The van der Waals surface area contributed by atoms with Gasteiger partial charge in [-0.3, -0.25) is 9.69 Å². The van der Waals surface area contributed by atoms with Gasteiger partial charge in [0.05, 0.1) is 6.20 Å². The number of piperidine rings is 2. The van der Waals surface area contributed by atoms with E-state index in [1.165, 1.54) is 55.7 Å². The summed E-state index contributed by atoms with van der Waals surface area (Å²) in [7, 11) is 0. The molecule has 0 radical (unpaired) electrons. The van der Waals surface area contributed by atoms with Crippen molar-refractivity contribution in [2.45, 2.75) is 51.5 Å². The van der Waals surface area contributed by atoms with Crippen LogP contribution in [-0.4, -0.2) is 54.6 Å². The summed E-state index contributed by atoms with van der Waals surface area (Å²) in [6.45, 7) is 9.75. The van der Waals surface area contributed by atoms with Crippen LogP contribution in [0.1, 0.15) is 60.7 Å². The number of likely N-dealkylation sites (tertiary alicyclic amines) is 1. The Morgan fingerprint density at radius 1 is 1.20 bits per heavy atom. The molecule has 1 amide bonds. The van der Waals surface area contributed by atoms with Crippen molar-refractivity contribution >= 4 is 22.4 Å². The second-order valence-corrected chi connectivity index (χ2v) is 10.00. The minimum absolute atomic E-state index is 0.0151. The molecule has 0 spiro atoms. The molecule has 2 aliphatic heterocycles. The highest BCUT2D eigenvalue weighted by molar-refractivity contribution is 7.17. The second-order valence-electron chi connectivity index (χ2n) is 8.99. The van der Waals surface area contributed by atoms with Crippen LogP contribution in [0.3, 0.4) is 0 Å². The molecule has 1 unspecified atom stereocenters. The van der Waals surface area contributed by atoms with Crippen LogP contribution in [0.2, 0.25) is 0 Å². The standard InChI is InChI=1S/C24H34N4OS/c1-18-7-6-12-28(17-18)21-10-13-27(14-11-21)24-26-16-22(30-24)23(29)25-15-19(2)20-8-4-3-5-9-20/h3-5,8-9,16,18-19,21H,6-7,10-15,17H2,1-2H3,(H,25,29)/t18-,19?/m1/s1. The van der Waals surface area contributed by atoms with Crippen molar-refractivity contribution in [3.05, 3.63) is 47.0 Å². The number of carbonyl (C=O) groups excluding carboxylic acids is 1. The van der Waals surface area contributed by atoms with Gasteiger partial charge in [-0.05, 0) is 49.6 Å². The Morgan fingerprint density at radius 3 is 2.70 bits per heavy atom. The van der Waals surface area contributed by atoms with Gasteiger partial charge in [0.1, 0.15) is 4.88 Å². The van der Waals surface area contributed by atoms with Crippen LogP contribution in [0.25, 0.3) is 0 Å². The van der Waals surface area contributed by atoms with Gasteiger partial charge in [0.2, 0.25) is 0 Å². The molecule has 6 heteroatoms. The predicted octanol–water partition coefficient (Wildman–Crippen LogP) is 4.38. The molecule has 2 aliphatic rings. The predicted molar refractivity (Wildman–Crippen MR) is 125 cm³/mol. The van der Waals surface area contributed by atoms with E-state index in [9.17, 15) is 4.79 Å². The topological polar surface area (TPSA) is 48.5 Å². The van der Waals surface area contributed by atoms with E-state index in [1.807, 2.05) is 18.2 Å². The molecule has 162 valence electrons. The third kappa shape index (κ3) is 5.22. The molecule has 1 aromatic heterocycles. The number of benzene rings is 1. The largest absolute Gasteiger partial charge is 0.351 e. The van der Waals surface area contributed by atoms with Crippen molar-refractivity contribution < 1.29 is 4.79 Å². The lowest BCUT2D eigenvalue weighted by Crippen LogP contribution is -2.48. The van der Waals surface area contributed by atoms with Gasteiger partial charge in [0, 0.05) is 32.2 Å². The van der Waals surface area contributed by atoms with Gasteiger partial charge in [0.25, 0.3) is 5.91 Å². The van der Waals surface area contributed by atoms with E-state index in [-0.39, 0.29) is 5.91 Å². The van der Waals surface area contributed by atoms with Crippen LogP contribution in [0.5, 0.6) is 0 Å². The summed E-state index contributed by atoms with van der Waals surface area (Å²) in [4.78, 5) is 22.9. The molecule has 0 bridgehead atoms. The lowest BCUT2D eigenvalue weighted by Gasteiger charge is -2.41. The van der Waals surface area contributed by atoms with Crippen molar-refractivity contribution in [2.24, 2.45) is 5.92 Å². The summed E-state index contributed by atoms with van der Waals surface area (Å²) >= 11 is 1.52. The van der Waals surface area contributed by atoms with Gasteiger partial charge in [-0.15, -0.1) is 0 Å². The maximum absolute atomic E-state index is 12.6. The van der Waals surface area contributed by atoms with Gasteiger partial charge in [-0.1, -0.05) is 55.5 Å². The maximum atomic E-state index is 12.6. The maximum Gasteiger partial charge on any atom is 0.263 e. The highest BCUT2D eigenvalue weighted by atomic mass is 32.1. The van der Waals surface area contributed by atoms with Crippen molar-refractivity contribution in [3.8, 4) is 0 Å². The Hall–Kier alpha value is -1.92. The highest BCUT2D eigenvalue weighted by Gasteiger charge is 2.28. The van der Waals surface area contributed by atoms with Gasteiger partial charge in [-0.25, -0.2) is 4.98 Å². The number of hydrogen-bond donors (Lipinski definition) is 1. The monoisotopic (exact) mass is 426 g/mol. The Bertz CT molecular complexity index is 816. The van der Waals surface area contributed by atoms with E-state index >= 15 is 0 Å². The Balaban J connectivity index is 1.26. The fraction of sp³-hybridized carbons (Fsp3) is 0.583. The first kappa shape index (κ1) is 21.3. The third-order valence-electron chi connectivity index (χ3n) is 6.59. The molecular formula is C24H34N4OS. The third-order valence-corrected chi connectivity index (χ3v) is 7.65. The Labute approximate surface area is 184 Å². The van der Waals surface area contributed by atoms with E-state index in [2.05, 4.69) is 46.1 Å². The molecule has 2 aromatic rings. The molecule has 5 nitrogen and oxygen atoms in total. The molecule has 1 aromatic carbocycles. The van der Waals surface area contributed by atoms with Gasteiger partial charge in [-0.2, -0.15) is 0 Å². The second kappa shape index (κ2) is 9.92. The summed E-state index contributed by atoms with van der Waals surface area (Å²) in [6.07, 6.45) is 6.85. The average Bonchev–Trinajstić information content (AvgIpc) is 3.28. The SMILES string of the molecule is CC(CNC(=O)c1cnc(N2CCC(N3CCC[C@@H](C)C3)CC2)s1)c1ccccc1. The summed E-state index contributed by atoms with van der Waals surface area (Å²) in [5.74, 6) is 1.11. The number of amides is 1. The first-order valence-electron chi connectivity index (χ1n) is 11.4. The first-order valence-corrected chi connectivity index (χ1v) is 12.2. The number of nitrogens with zero attached hydrogens (tertiary/aromatic N) is 3. The van der Waals surface area contributed by atoms with Crippen molar-refractivity contribution in [1.29, 1.82) is 0 Å². The number of aromatic nitrogens is 1. The van der Waals surface area contributed by atoms with Crippen LogP contribution in [0.4, 0.5) is 5.13 Å². The summed E-state index contributed by atoms with van der Waals surface area (Å²) in [5, 5.41) is 4.06. The zero-order valence-electron chi connectivity index (χ0n) is 18.2. The minimum Gasteiger partial charge on any atom is -0.351 e. The quantitative estimate of drug-likeness (QED) is 0.745. The normalized spacial score (nSPS) is 22.1. The molecule has 30 heavy (non-hydrogen) atoms. The van der Waals surface area contributed by atoms with Gasteiger partial charge < -0.3 is 10.2 Å². The van der Waals surface area contributed by atoms with E-state index < -0.39 is 0 Å². The number of carbonyl (C=O) groups is 1. The number of hydrogen-bond acceptors (Lipinski definition) is 5. The van der Waals surface area contributed by atoms with Crippen LogP contribution in [0, 0.1) is 5.92 Å². The smallest absolute Gasteiger partial charge is 0.263 e. The summed E-state index contributed by atoms with van der Waals surface area (Å²) in [6, 6.07) is 11.0. The zero-order valence-corrected chi connectivity index (χ0v) is 19.0. The van der Waals surface area contributed by atoms with Crippen molar-refractivity contribution in [2.75, 3.05) is 37.6 Å². The minimum atomic E-state index is -0.0151. The molecule has 2 saturated heterocycles.